The molecule has 1 saturated heterocycles. The Hall–Kier alpha value is -3.38. The Morgan fingerprint density at radius 1 is 1.29 bits per heavy atom. The van der Waals surface area contributed by atoms with Crippen molar-refractivity contribution in [1.82, 2.24) is 10.3 Å². The van der Waals surface area contributed by atoms with Gasteiger partial charge in [0.05, 0.1) is 18.0 Å². The molecule has 1 amide bonds. The number of amidine groups is 1. The van der Waals surface area contributed by atoms with E-state index < -0.39 is 48.0 Å². The molecule has 1 aromatic heterocycles. The molecular weight excluding hydrogens is 456 g/mol. The van der Waals surface area contributed by atoms with E-state index >= 15 is 0 Å². The average molecular weight is 487 g/mol. The number of aliphatic imine (C=N–C) groups is 1. The molecule has 0 spiro atoms. The summed E-state index contributed by atoms with van der Waals surface area (Å²) in [6.45, 7) is 4.13. The molecule has 188 valence electrons. The van der Waals surface area contributed by atoms with Gasteiger partial charge in [-0.1, -0.05) is 18.2 Å². The average Bonchev–Trinajstić information content (AvgIpc) is 3.44. The summed E-state index contributed by atoms with van der Waals surface area (Å²) in [7, 11) is 1.36. The van der Waals surface area contributed by atoms with Crippen LogP contribution in [0.1, 0.15) is 42.5 Å². The second kappa shape index (κ2) is 10.5. The first-order valence-electron chi connectivity index (χ1n) is 10.9. The van der Waals surface area contributed by atoms with Crippen molar-refractivity contribution < 1.29 is 34.0 Å². The minimum Gasteiger partial charge on any atom is -0.454 e. The van der Waals surface area contributed by atoms with Crippen LogP contribution in [0.25, 0.3) is 0 Å². The topological polar surface area (TPSA) is 166 Å². The lowest BCUT2D eigenvalue weighted by molar-refractivity contribution is -0.177. The molecule has 3 rings (SSSR count). The number of aromatic amines is 1. The number of aromatic nitrogens is 1. The van der Waals surface area contributed by atoms with Gasteiger partial charge in [-0.05, 0) is 45.0 Å². The summed E-state index contributed by atoms with van der Waals surface area (Å²) in [5, 5.41) is 30.9. The van der Waals surface area contributed by atoms with Crippen LogP contribution in [0.2, 0.25) is 0 Å². The highest BCUT2D eigenvalue weighted by Crippen LogP contribution is 2.40. The second-order valence-corrected chi connectivity index (χ2v) is 8.69. The maximum absolute atomic E-state index is 12.6. The van der Waals surface area contributed by atoms with Gasteiger partial charge < -0.3 is 34.7 Å². The van der Waals surface area contributed by atoms with Crippen molar-refractivity contribution in [1.29, 1.82) is 5.41 Å². The summed E-state index contributed by atoms with van der Waals surface area (Å²) >= 11 is 0. The van der Waals surface area contributed by atoms with E-state index in [1.165, 1.54) is 21.0 Å². The molecule has 2 heterocycles. The van der Waals surface area contributed by atoms with Crippen molar-refractivity contribution in [3.63, 3.8) is 0 Å². The number of amides is 1. The molecule has 0 saturated carbocycles. The first-order valence-corrected chi connectivity index (χ1v) is 10.9. The Kier molecular flexibility index (Phi) is 7.86. The van der Waals surface area contributed by atoms with Gasteiger partial charge in [0.25, 0.3) is 5.91 Å². The van der Waals surface area contributed by atoms with Crippen LogP contribution in [0.4, 0.5) is 0 Å². The molecule has 0 radical (unpaired) electrons. The molecule has 4 atom stereocenters. The lowest BCUT2D eigenvalue weighted by Crippen LogP contribution is -2.46. The number of methoxy groups -OCH3 is 1. The number of carbonyl (C=O) groups is 2. The third-order valence-corrected chi connectivity index (χ3v) is 6.00. The van der Waals surface area contributed by atoms with E-state index in [9.17, 15) is 19.8 Å². The van der Waals surface area contributed by atoms with Crippen LogP contribution in [0.3, 0.4) is 0 Å². The number of hydrogen-bond acceptors (Lipinski definition) is 8. The fourth-order valence-corrected chi connectivity index (χ4v) is 3.65. The van der Waals surface area contributed by atoms with Gasteiger partial charge >= 0.3 is 5.97 Å². The van der Waals surface area contributed by atoms with E-state index in [1.807, 2.05) is 0 Å². The van der Waals surface area contributed by atoms with Crippen molar-refractivity contribution in [2.24, 2.45) is 4.99 Å². The molecule has 0 bridgehead atoms. The molecule has 0 unspecified atom stereocenters. The largest absolute Gasteiger partial charge is 0.454 e. The standard InChI is InChI=1S/C24H30N4O7/c1-23(2,33-4)22(32)34-18-16(12-29)35-24(3,19(18)30)17-11-10-15(27-17)20(26-13-25)28-21(31)14-8-6-5-7-9-14/h5-11,13,16,18-19,27,29-30H,12H2,1-4H3,(H2,25,26,28,31)/t16-,18-,19-,24+/m1/s1. The number of aliphatic hydroxyl groups is 2. The zero-order valence-electron chi connectivity index (χ0n) is 19.9. The molecule has 1 aliphatic heterocycles. The van der Waals surface area contributed by atoms with E-state index in [0.717, 1.165) is 6.34 Å². The van der Waals surface area contributed by atoms with E-state index in [1.54, 1.807) is 49.4 Å². The van der Waals surface area contributed by atoms with Crippen LogP contribution < -0.4 is 5.32 Å². The van der Waals surface area contributed by atoms with Gasteiger partial charge in [0.2, 0.25) is 0 Å². The molecule has 0 aliphatic carbocycles. The number of benzene rings is 1. The minimum absolute atomic E-state index is 0.0831. The lowest BCUT2D eigenvalue weighted by atomic mass is 9.93. The smallest absolute Gasteiger partial charge is 0.338 e. The fourth-order valence-electron chi connectivity index (χ4n) is 3.65. The summed E-state index contributed by atoms with van der Waals surface area (Å²) in [5.41, 5.74) is -1.51. The van der Waals surface area contributed by atoms with Gasteiger partial charge in [-0.2, -0.15) is 0 Å². The summed E-state index contributed by atoms with van der Waals surface area (Å²) in [5.74, 6) is -1.05. The number of esters is 1. The van der Waals surface area contributed by atoms with Crippen molar-refractivity contribution >= 4 is 24.1 Å². The quantitative estimate of drug-likeness (QED) is 0.212. The Bertz CT molecular complexity index is 1100. The molecule has 11 heteroatoms. The maximum atomic E-state index is 12.6. The third-order valence-electron chi connectivity index (χ3n) is 6.00. The number of aliphatic hydroxyl groups excluding tert-OH is 2. The number of rotatable bonds is 8. The van der Waals surface area contributed by atoms with Crippen LogP contribution in [-0.2, 0) is 24.6 Å². The van der Waals surface area contributed by atoms with Gasteiger partial charge in [-0.3, -0.25) is 10.2 Å². The minimum atomic E-state index is -1.40. The summed E-state index contributed by atoms with van der Waals surface area (Å²) in [6.07, 6.45) is -2.71. The summed E-state index contributed by atoms with van der Waals surface area (Å²) < 4.78 is 16.5. The number of ether oxygens (including phenoxy) is 3. The molecule has 1 aliphatic rings. The van der Waals surface area contributed by atoms with Crippen LogP contribution >= 0.6 is 0 Å². The van der Waals surface area contributed by atoms with Gasteiger partial charge in [0.1, 0.15) is 24.1 Å². The fraction of sp³-hybridized carbons (Fsp3) is 0.417. The van der Waals surface area contributed by atoms with Crippen molar-refractivity contribution in [2.45, 2.75) is 50.3 Å². The van der Waals surface area contributed by atoms with Crippen LogP contribution in [0, 0.1) is 5.41 Å². The number of H-pyrrole nitrogens is 1. The van der Waals surface area contributed by atoms with Gasteiger partial charge in [-0.25, -0.2) is 9.79 Å². The van der Waals surface area contributed by atoms with Gasteiger partial charge in [-0.15, -0.1) is 0 Å². The molecule has 1 fully saturated rings. The summed E-state index contributed by atoms with van der Waals surface area (Å²) in [6, 6.07) is 11.7. The highest BCUT2D eigenvalue weighted by molar-refractivity contribution is 6.13. The first-order chi connectivity index (χ1) is 16.6. The highest BCUT2D eigenvalue weighted by atomic mass is 16.6. The molecule has 11 nitrogen and oxygen atoms in total. The predicted octanol–water partition coefficient (Wildman–Crippen LogP) is 1.10. The predicted molar refractivity (Wildman–Crippen MR) is 126 cm³/mol. The molecule has 35 heavy (non-hydrogen) atoms. The van der Waals surface area contributed by atoms with Crippen LogP contribution in [0.5, 0.6) is 0 Å². The maximum Gasteiger partial charge on any atom is 0.338 e. The van der Waals surface area contributed by atoms with Crippen LogP contribution in [0.15, 0.2) is 47.5 Å². The van der Waals surface area contributed by atoms with Gasteiger partial charge in [0, 0.05) is 12.7 Å². The van der Waals surface area contributed by atoms with E-state index in [4.69, 9.17) is 19.6 Å². The molecule has 5 N–H and O–H groups in total. The van der Waals surface area contributed by atoms with Crippen molar-refractivity contribution in [2.75, 3.05) is 13.7 Å². The monoisotopic (exact) mass is 486 g/mol. The Balaban J connectivity index is 1.85. The lowest BCUT2D eigenvalue weighted by Gasteiger charge is -2.28. The highest BCUT2D eigenvalue weighted by Gasteiger charge is 2.55. The Morgan fingerprint density at radius 2 is 1.97 bits per heavy atom. The molecular formula is C24H30N4O7. The molecule has 2 aromatic rings. The first kappa shape index (κ1) is 26.2. The van der Waals surface area contributed by atoms with E-state index in [2.05, 4.69) is 15.3 Å². The van der Waals surface area contributed by atoms with Crippen molar-refractivity contribution in [3.05, 3.63) is 59.4 Å². The normalized spacial score (nSPS) is 24.7. The summed E-state index contributed by atoms with van der Waals surface area (Å²) in [4.78, 5) is 32.1. The zero-order valence-corrected chi connectivity index (χ0v) is 19.9. The number of nitrogens with one attached hydrogen (secondary N) is 3. The number of carbonyl (C=O) groups excluding carboxylic acids is 2. The SMILES string of the molecule is COC(C)(C)C(=O)O[C@H]1[C@@H](O)[C@](C)(c2ccc(/C(=N\C=N)NC(=O)c3ccccc3)[nH]2)O[C@@H]1CO. The molecule has 1 aromatic carbocycles. The zero-order chi connectivity index (χ0) is 25.8. The number of nitrogens with zero attached hydrogens (tertiary/aromatic N) is 1. The van der Waals surface area contributed by atoms with E-state index in [-0.39, 0.29) is 5.84 Å². The van der Waals surface area contributed by atoms with Gasteiger partial charge in [0.15, 0.2) is 17.5 Å². The number of hydrogen-bond donors (Lipinski definition) is 5. The van der Waals surface area contributed by atoms with Crippen molar-refractivity contribution in [3.8, 4) is 0 Å². The van der Waals surface area contributed by atoms with E-state index in [0.29, 0.717) is 17.0 Å². The second-order valence-electron chi connectivity index (χ2n) is 8.69. The third kappa shape index (κ3) is 5.33. The Labute approximate surface area is 202 Å². The Morgan fingerprint density at radius 3 is 2.57 bits per heavy atom. The van der Waals surface area contributed by atoms with Crippen LogP contribution in [-0.4, -0.2) is 76.9 Å².